The van der Waals surface area contributed by atoms with Gasteiger partial charge in [-0.25, -0.2) is 4.98 Å². The molecular weight excluding hydrogens is 333 g/mol. The molecule has 1 saturated heterocycles. The highest BCUT2D eigenvalue weighted by Gasteiger charge is 2.19. The normalized spacial score (nSPS) is 15.0. The molecule has 118 valence electrons. The van der Waals surface area contributed by atoms with Gasteiger partial charge in [-0.05, 0) is 55.3 Å². The number of benzene rings is 1. The van der Waals surface area contributed by atoms with Gasteiger partial charge >= 0.3 is 0 Å². The van der Waals surface area contributed by atoms with Crippen molar-refractivity contribution in [3.8, 4) is 16.9 Å². The number of imidazole rings is 1. The second-order valence-corrected chi connectivity index (χ2v) is 6.68. The van der Waals surface area contributed by atoms with Crippen LogP contribution in [0, 0.1) is 5.92 Å². The van der Waals surface area contributed by atoms with Crippen molar-refractivity contribution < 1.29 is 5.11 Å². The first-order valence-corrected chi connectivity index (χ1v) is 8.23. The summed E-state index contributed by atoms with van der Waals surface area (Å²) in [5, 5.41) is 14.2. The first-order chi connectivity index (χ1) is 11.1. The zero-order chi connectivity index (χ0) is 16.0. The molecule has 23 heavy (non-hydrogen) atoms. The topological polar surface area (TPSA) is 49.6 Å². The Balaban J connectivity index is 1.75. The molecule has 3 aromatic rings. The largest absolute Gasteiger partial charge is 0.507 e. The maximum absolute atomic E-state index is 10.1. The molecular formula is C17H15Cl2N3O. The van der Waals surface area contributed by atoms with E-state index >= 15 is 0 Å². The Morgan fingerprint density at radius 1 is 1.26 bits per heavy atom. The van der Waals surface area contributed by atoms with Crippen LogP contribution in [-0.2, 0) is 6.42 Å². The molecule has 3 heterocycles. The number of fused-ring (bicyclic) bond motifs is 1. The van der Waals surface area contributed by atoms with Crippen LogP contribution in [0.1, 0.15) is 5.69 Å². The van der Waals surface area contributed by atoms with Gasteiger partial charge in [0.05, 0.1) is 15.7 Å². The first kappa shape index (κ1) is 14.8. The van der Waals surface area contributed by atoms with E-state index in [4.69, 9.17) is 23.2 Å². The third kappa shape index (κ3) is 2.67. The van der Waals surface area contributed by atoms with Crippen molar-refractivity contribution in [1.82, 2.24) is 14.7 Å². The van der Waals surface area contributed by atoms with Gasteiger partial charge < -0.3 is 14.8 Å². The van der Waals surface area contributed by atoms with Gasteiger partial charge in [-0.15, -0.1) is 0 Å². The average Bonchev–Trinajstić information content (AvgIpc) is 2.89. The summed E-state index contributed by atoms with van der Waals surface area (Å²) < 4.78 is 1.99. The van der Waals surface area contributed by atoms with E-state index < -0.39 is 0 Å². The van der Waals surface area contributed by atoms with Gasteiger partial charge in [-0.3, -0.25) is 0 Å². The number of phenols is 1. The van der Waals surface area contributed by atoms with Crippen molar-refractivity contribution in [3.05, 3.63) is 52.4 Å². The standard InChI is InChI=1S/C17H15Cl2N3O/c18-13-1-2-14(23)16(17(13)19)11-3-4-22-9-12(21-15(22)6-11)5-10-7-20-8-10/h1-4,6,9-10,20,23H,5,7-8H2. The Morgan fingerprint density at radius 3 is 2.83 bits per heavy atom. The summed E-state index contributed by atoms with van der Waals surface area (Å²) in [6, 6.07) is 6.95. The zero-order valence-electron chi connectivity index (χ0n) is 12.3. The number of aromatic nitrogens is 2. The third-order valence-corrected chi connectivity index (χ3v) is 5.04. The highest BCUT2D eigenvalue weighted by atomic mass is 35.5. The maximum Gasteiger partial charge on any atom is 0.137 e. The fourth-order valence-corrected chi connectivity index (χ4v) is 3.32. The number of phenolic OH excluding ortho intramolecular Hbond substituents is 1. The monoisotopic (exact) mass is 347 g/mol. The third-order valence-electron chi connectivity index (χ3n) is 4.24. The Labute approximate surface area is 143 Å². The van der Waals surface area contributed by atoms with Gasteiger partial charge in [0, 0.05) is 18.0 Å². The van der Waals surface area contributed by atoms with Crippen molar-refractivity contribution in [2.75, 3.05) is 13.1 Å². The van der Waals surface area contributed by atoms with Crippen LogP contribution in [0.5, 0.6) is 5.75 Å². The van der Waals surface area contributed by atoms with Gasteiger partial charge in [-0.2, -0.15) is 0 Å². The van der Waals surface area contributed by atoms with E-state index in [1.54, 1.807) is 12.1 Å². The fraction of sp³-hybridized carbons (Fsp3) is 0.235. The lowest BCUT2D eigenvalue weighted by molar-refractivity contribution is 0.344. The first-order valence-electron chi connectivity index (χ1n) is 7.47. The van der Waals surface area contributed by atoms with Crippen LogP contribution in [0.2, 0.25) is 10.0 Å². The van der Waals surface area contributed by atoms with Crippen molar-refractivity contribution in [2.45, 2.75) is 6.42 Å². The molecule has 1 aliphatic rings. The van der Waals surface area contributed by atoms with E-state index in [1.807, 2.05) is 22.7 Å². The Hall–Kier alpha value is -1.75. The molecule has 1 aromatic carbocycles. The van der Waals surface area contributed by atoms with Gasteiger partial charge in [0.25, 0.3) is 0 Å². The van der Waals surface area contributed by atoms with Crippen LogP contribution in [0.3, 0.4) is 0 Å². The van der Waals surface area contributed by atoms with E-state index in [-0.39, 0.29) is 5.75 Å². The molecule has 1 fully saturated rings. The van der Waals surface area contributed by atoms with Gasteiger partial charge in [0.2, 0.25) is 0 Å². The number of pyridine rings is 1. The van der Waals surface area contributed by atoms with Gasteiger partial charge in [0.1, 0.15) is 11.4 Å². The summed E-state index contributed by atoms with van der Waals surface area (Å²) in [6.07, 6.45) is 4.96. The van der Waals surface area contributed by atoms with Crippen LogP contribution < -0.4 is 5.32 Å². The van der Waals surface area contributed by atoms with E-state index in [0.717, 1.165) is 36.4 Å². The maximum atomic E-state index is 10.1. The lowest BCUT2D eigenvalue weighted by Gasteiger charge is -2.25. The number of hydrogen-bond acceptors (Lipinski definition) is 3. The molecule has 0 radical (unpaired) electrons. The SMILES string of the molecule is Oc1ccc(Cl)c(Cl)c1-c1ccn2cc(CC3CNC3)nc2c1. The number of rotatable bonds is 3. The summed E-state index contributed by atoms with van der Waals surface area (Å²) in [7, 11) is 0. The molecule has 4 rings (SSSR count). The summed E-state index contributed by atoms with van der Waals surface area (Å²) in [6.45, 7) is 2.12. The number of aromatic hydroxyl groups is 1. The van der Waals surface area contributed by atoms with E-state index in [9.17, 15) is 5.11 Å². The summed E-state index contributed by atoms with van der Waals surface area (Å²) >= 11 is 12.3. The Bertz CT molecular complexity index is 887. The molecule has 0 spiro atoms. The second-order valence-electron chi connectivity index (χ2n) is 5.90. The molecule has 2 N–H and O–H groups in total. The minimum atomic E-state index is 0.107. The van der Waals surface area contributed by atoms with Gasteiger partial charge in [0.15, 0.2) is 0 Å². The predicted molar refractivity (Wildman–Crippen MR) is 92.4 cm³/mol. The van der Waals surface area contributed by atoms with E-state index in [1.165, 1.54) is 0 Å². The minimum Gasteiger partial charge on any atom is -0.507 e. The number of hydrogen-bond donors (Lipinski definition) is 2. The molecule has 0 saturated carbocycles. The molecule has 6 heteroatoms. The molecule has 0 atom stereocenters. The second kappa shape index (κ2) is 5.71. The molecule has 4 nitrogen and oxygen atoms in total. The highest BCUT2D eigenvalue weighted by Crippen LogP contribution is 2.40. The molecule has 0 aliphatic carbocycles. The number of halogens is 2. The lowest BCUT2D eigenvalue weighted by Crippen LogP contribution is -2.43. The quantitative estimate of drug-likeness (QED) is 0.757. The van der Waals surface area contributed by atoms with Crippen molar-refractivity contribution in [2.24, 2.45) is 5.92 Å². The van der Waals surface area contributed by atoms with Crippen LogP contribution in [0.4, 0.5) is 0 Å². The molecule has 0 amide bonds. The zero-order valence-corrected chi connectivity index (χ0v) is 13.8. The predicted octanol–water partition coefficient (Wildman–Crippen LogP) is 3.78. The Kier molecular flexibility index (Phi) is 3.68. The number of nitrogens with zero attached hydrogens (tertiary/aromatic N) is 2. The van der Waals surface area contributed by atoms with Crippen LogP contribution in [0.25, 0.3) is 16.8 Å². The number of nitrogens with one attached hydrogen (secondary N) is 1. The van der Waals surface area contributed by atoms with Crippen molar-refractivity contribution in [1.29, 1.82) is 0 Å². The molecule has 0 unspecified atom stereocenters. The van der Waals surface area contributed by atoms with E-state index in [2.05, 4.69) is 16.5 Å². The smallest absolute Gasteiger partial charge is 0.137 e. The Morgan fingerprint density at radius 2 is 2.09 bits per heavy atom. The molecule has 0 bridgehead atoms. The minimum absolute atomic E-state index is 0.107. The van der Waals surface area contributed by atoms with Crippen LogP contribution in [0.15, 0.2) is 36.7 Å². The summed E-state index contributed by atoms with van der Waals surface area (Å²) in [5.74, 6) is 0.780. The van der Waals surface area contributed by atoms with Crippen LogP contribution >= 0.6 is 23.2 Å². The molecule has 2 aromatic heterocycles. The van der Waals surface area contributed by atoms with E-state index in [0.29, 0.717) is 21.5 Å². The van der Waals surface area contributed by atoms with Crippen molar-refractivity contribution >= 4 is 28.8 Å². The van der Waals surface area contributed by atoms with Crippen LogP contribution in [-0.4, -0.2) is 27.6 Å². The summed E-state index contributed by atoms with van der Waals surface area (Å²) in [5.41, 5.74) is 3.25. The summed E-state index contributed by atoms with van der Waals surface area (Å²) in [4.78, 5) is 4.68. The highest BCUT2D eigenvalue weighted by molar-refractivity contribution is 6.44. The van der Waals surface area contributed by atoms with Crippen molar-refractivity contribution in [3.63, 3.8) is 0 Å². The average molecular weight is 348 g/mol. The fourth-order valence-electron chi connectivity index (χ4n) is 2.89. The molecule has 1 aliphatic heterocycles. The lowest BCUT2D eigenvalue weighted by atomic mass is 9.98. The van der Waals surface area contributed by atoms with Gasteiger partial charge in [-0.1, -0.05) is 23.2 Å².